The first kappa shape index (κ1) is 18.0. The molecule has 0 saturated carbocycles. The van der Waals surface area contributed by atoms with Crippen LogP contribution in [0.1, 0.15) is 31.5 Å². The van der Waals surface area contributed by atoms with Gasteiger partial charge >= 0.3 is 0 Å². The first-order valence-electron chi connectivity index (χ1n) is 8.10. The van der Waals surface area contributed by atoms with Crippen molar-refractivity contribution in [3.63, 3.8) is 0 Å². The van der Waals surface area contributed by atoms with E-state index in [0.717, 1.165) is 10.7 Å². The van der Waals surface area contributed by atoms with Crippen LogP contribution < -0.4 is 10.9 Å². The maximum Gasteiger partial charge on any atom is 0.293 e. The van der Waals surface area contributed by atoms with Gasteiger partial charge in [-0.3, -0.25) is 14.9 Å². The molecule has 3 rings (SSSR count). The fraction of sp³-hybridized carbons (Fsp3) is 0.353. The van der Waals surface area contributed by atoms with Gasteiger partial charge in [0.15, 0.2) is 0 Å². The number of nitrogens with zero attached hydrogens (tertiary/aromatic N) is 3. The van der Waals surface area contributed by atoms with Crippen LogP contribution in [0.5, 0.6) is 0 Å². The monoisotopic (exact) mass is 373 g/mol. The minimum atomic E-state index is -0.505. The number of benzene rings is 1. The molecule has 26 heavy (non-hydrogen) atoms. The number of thiazole rings is 1. The molecular formula is C17H19N5O3S. The lowest BCUT2D eigenvalue weighted by atomic mass is 9.98. The van der Waals surface area contributed by atoms with Crippen LogP contribution in [0.25, 0.3) is 10.9 Å². The molecule has 136 valence electrons. The highest BCUT2D eigenvalue weighted by atomic mass is 32.1. The van der Waals surface area contributed by atoms with Crippen LogP contribution in [0.4, 0.5) is 11.4 Å². The zero-order valence-corrected chi connectivity index (χ0v) is 15.5. The molecule has 2 N–H and O–H groups in total. The van der Waals surface area contributed by atoms with Gasteiger partial charge in [-0.25, -0.2) is 9.97 Å². The predicted molar refractivity (Wildman–Crippen MR) is 102 cm³/mol. The summed E-state index contributed by atoms with van der Waals surface area (Å²) in [7, 11) is 0. The smallest absolute Gasteiger partial charge is 0.293 e. The van der Waals surface area contributed by atoms with Gasteiger partial charge < -0.3 is 10.3 Å². The van der Waals surface area contributed by atoms with Crippen molar-refractivity contribution in [2.45, 2.75) is 32.6 Å². The molecule has 0 saturated heterocycles. The van der Waals surface area contributed by atoms with Crippen molar-refractivity contribution >= 4 is 33.6 Å². The maximum absolute atomic E-state index is 11.8. The molecule has 8 nitrogen and oxygen atoms in total. The third kappa shape index (κ3) is 3.72. The molecule has 0 aliphatic rings. The average Bonchev–Trinajstić information content (AvgIpc) is 3.03. The van der Waals surface area contributed by atoms with Gasteiger partial charge in [-0.05, 0) is 6.07 Å². The Hall–Kier alpha value is -2.81. The maximum atomic E-state index is 11.8. The molecule has 0 spiro atoms. The zero-order valence-electron chi connectivity index (χ0n) is 14.7. The average molecular weight is 373 g/mol. The van der Waals surface area contributed by atoms with E-state index in [9.17, 15) is 14.9 Å². The van der Waals surface area contributed by atoms with Crippen molar-refractivity contribution in [3.05, 3.63) is 55.0 Å². The van der Waals surface area contributed by atoms with Crippen molar-refractivity contribution in [2.75, 3.05) is 11.9 Å². The molecule has 0 amide bonds. The van der Waals surface area contributed by atoms with Gasteiger partial charge in [-0.2, -0.15) is 0 Å². The first-order chi connectivity index (χ1) is 12.3. The second-order valence-corrected chi connectivity index (χ2v) is 7.80. The topological polar surface area (TPSA) is 114 Å². The fourth-order valence-corrected chi connectivity index (χ4v) is 3.43. The van der Waals surface area contributed by atoms with Crippen LogP contribution in [0, 0.1) is 10.1 Å². The van der Waals surface area contributed by atoms with Crippen LogP contribution in [-0.2, 0) is 11.8 Å². The van der Waals surface area contributed by atoms with Crippen molar-refractivity contribution in [1.82, 2.24) is 15.0 Å². The number of H-pyrrole nitrogens is 1. The third-order valence-corrected chi connectivity index (χ3v) is 5.16. The van der Waals surface area contributed by atoms with Gasteiger partial charge in [0.25, 0.3) is 11.2 Å². The van der Waals surface area contributed by atoms with Crippen LogP contribution in [-0.4, -0.2) is 26.4 Å². The van der Waals surface area contributed by atoms with E-state index in [4.69, 9.17) is 0 Å². The summed E-state index contributed by atoms with van der Waals surface area (Å²) in [6, 6.07) is 2.79. The van der Waals surface area contributed by atoms with Crippen molar-refractivity contribution in [3.8, 4) is 0 Å². The number of hydrogen-bond donors (Lipinski definition) is 2. The van der Waals surface area contributed by atoms with E-state index in [1.165, 1.54) is 18.5 Å². The van der Waals surface area contributed by atoms with Crippen LogP contribution in [0.15, 0.2) is 28.6 Å². The largest absolute Gasteiger partial charge is 0.379 e. The predicted octanol–water partition coefficient (Wildman–Crippen LogP) is 3.24. The molecule has 3 aromatic rings. The number of nitro groups is 1. The summed E-state index contributed by atoms with van der Waals surface area (Å²) in [5.74, 6) is 0. The summed E-state index contributed by atoms with van der Waals surface area (Å²) in [4.78, 5) is 33.8. The summed E-state index contributed by atoms with van der Waals surface area (Å²) in [5, 5.41) is 17.7. The summed E-state index contributed by atoms with van der Waals surface area (Å²) < 4.78 is 0. The van der Waals surface area contributed by atoms with Crippen LogP contribution in [0.2, 0.25) is 0 Å². The van der Waals surface area contributed by atoms with Crippen LogP contribution >= 0.6 is 11.3 Å². The van der Waals surface area contributed by atoms with Gasteiger partial charge in [0.05, 0.1) is 32.9 Å². The third-order valence-electron chi connectivity index (χ3n) is 3.84. The lowest BCUT2D eigenvalue weighted by molar-refractivity contribution is -0.383. The number of rotatable bonds is 5. The first-order valence-corrected chi connectivity index (χ1v) is 8.98. The molecule has 2 heterocycles. The highest BCUT2D eigenvalue weighted by Crippen LogP contribution is 2.28. The van der Waals surface area contributed by atoms with Gasteiger partial charge in [0.1, 0.15) is 5.69 Å². The summed E-state index contributed by atoms with van der Waals surface area (Å²) >= 11 is 1.62. The SMILES string of the molecule is CC(C)(C)c1nc(CCNc2cc3nc[nH]c(=O)c3cc2[N+](=O)[O-])cs1. The number of hydrogen-bond acceptors (Lipinski definition) is 7. The molecule has 0 atom stereocenters. The Bertz CT molecular complexity index is 1020. The van der Waals surface area contributed by atoms with E-state index in [2.05, 4.69) is 41.0 Å². The van der Waals surface area contributed by atoms with Gasteiger partial charge in [-0.1, -0.05) is 20.8 Å². The van der Waals surface area contributed by atoms with E-state index in [0.29, 0.717) is 24.2 Å². The number of nitro benzene ring substituents is 1. The molecule has 1 aromatic carbocycles. The Morgan fingerprint density at radius 3 is 2.77 bits per heavy atom. The Labute approximate surface area is 153 Å². The van der Waals surface area contributed by atoms with Crippen molar-refractivity contribution < 1.29 is 4.92 Å². The Kier molecular flexibility index (Phi) is 4.73. The molecule has 0 unspecified atom stereocenters. The molecular weight excluding hydrogens is 354 g/mol. The highest BCUT2D eigenvalue weighted by Gasteiger charge is 2.19. The molecule has 0 fully saturated rings. The van der Waals surface area contributed by atoms with E-state index < -0.39 is 10.5 Å². The molecule has 0 aliphatic carbocycles. The fourth-order valence-electron chi connectivity index (χ4n) is 2.49. The van der Waals surface area contributed by atoms with Gasteiger partial charge in [-0.15, -0.1) is 11.3 Å². The van der Waals surface area contributed by atoms with Gasteiger partial charge in [0, 0.05) is 29.8 Å². The van der Waals surface area contributed by atoms with E-state index in [1.54, 1.807) is 11.3 Å². The second-order valence-electron chi connectivity index (χ2n) is 6.95. The van der Waals surface area contributed by atoms with E-state index >= 15 is 0 Å². The number of nitrogens with one attached hydrogen (secondary N) is 2. The number of aromatic nitrogens is 3. The van der Waals surface area contributed by atoms with Gasteiger partial charge in [0.2, 0.25) is 0 Å². The Balaban J connectivity index is 1.80. The number of aromatic amines is 1. The Morgan fingerprint density at radius 1 is 1.35 bits per heavy atom. The lowest BCUT2D eigenvalue weighted by Crippen LogP contribution is -2.12. The van der Waals surface area contributed by atoms with Crippen molar-refractivity contribution in [2.24, 2.45) is 0 Å². The molecule has 0 aliphatic heterocycles. The molecule has 0 radical (unpaired) electrons. The summed E-state index contributed by atoms with van der Waals surface area (Å²) in [6.45, 7) is 6.83. The second kappa shape index (κ2) is 6.83. The minimum Gasteiger partial charge on any atom is -0.379 e. The molecule has 9 heteroatoms. The Morgan fingerprint density at radius 2 is 2.12 bits per heavy atom. The number of fused-ring (bicyclic) bond motifs is 1. The molecule has 0 bridgehead atoms. The molecule has 2 aromatic heterocycles. The standard InChI is InChI=1S/C17H19N5O3S/c1-17(2,3)16-21-10(8-26-16)4-5-18-13-7-12-11(6-14(13)22(24)25)15(23)20-9-19-12/h6-9,18H,4-5H2,1-3H3,(H,19,20,23). The summed E-state index contributed by atoms with van der Waals surface area (Å²) in [5.41, 5.74) is 1.15. The number of anilines is 1. The normalized spacial score (nSPS) is 11.7. The van der Waals surface area contributed by atoms with E-state index in [-0.39, 0.29) is 16.5 Å². The highest BCUT2D eigenvalue weighted by molar-refractivity contribution is 7.09. The lowest BCUT2D eigenvalue weighted by Gasteiger charge is -2.13. The summed E-state index contributed by atoms with van der Waals surface area (Å²) in [6.07, 6.45) is 1.92. The quantitative estimate of drug-likeness (QED) is 0.524. The van der Waals surface area contributed by atoms with Crippen LogP contribution in [0.3, 0.4) is 0 Å². The minimum absolute atomic E-state index is 0.00615. The van der Waals surface area contributed by atoms with E-state index in [1.807, 2.05) is 5.38 Å². The van der Waals surface area contributed by atoms with Crippen molar-refractivity contribution in [1.29, 1.82) is 0 Å². The zero-order chi connectivity index (χ0) is 18.9.